The van der Waals surface area contributed by atoms with Gasteiger partial charge in [-0.15, -0.1) is 0 Å². The minimum atomic E-state index is -4.58. The molecule has 0 radical (unpaired) electrons. The molecule has 27 heavy (non-hydrogen) atoms. The zero-order chi connectivity index (χ0) is 19.6. The summed E-state index contributed by atoms with van der Waals surface area (Å²) in [6.45, 7) is 4.52. The summed E-state index contributed by atoms with van der Waals surface area (Å²) in [5.74, 6) is -1.16. The number of anilines is 1. The smallest absolute Gasteiger partial charge is 0.340 e. The van der Waals surface area contributed by atoms with Crippen LogP contribution in [-0.2, 0) is 13.7 Å². The minimum Gasteiger partial charge on any atom is -0.381 e. The van der Waals surface area contributed by atoms with E-state index in [0.29, 0.717) is 0 Å². The quantitative estimate of drug-likeness (QED) is 0.263. The highest BCUT2D eigenvalue weighted by Crippen LogP contribution is 2.55. The molecule has 0 amide bonds. The van der Waals surface area contributed by atoms with Crippen LogP contribution in [0.1, 0.15) is 26.7 Å². The Bertz CT molecular complexity index is 715. The van der Waals surface area contributed by atoms with E-state index in [1.807, 2.05) is 44.2 Å². The fraction of sp³-hybridized carbons (Fsp3) is 0.412. The summed E-state index contributed by atoms with van der Waals surface area (Å²) in [4.78, 5) is 26.8. The molecular weight excluding hydrogens is 390 g/mol. The number of allylic oxidation sites excluding steroid dienone is 2. The predicted molar refractivity (Wildman–Crippen MR) is 109 cm³/mol. The van der Waals surface area contributed by atoms with Crippen LogP contribution in [0.25, 0.3) is 0 Å². The number of para-hydroxylation sites is 1. The van der Waals surface area contributed by atoms with Crippen molar-refractivity contribution in [1.82, 2.24) is 6.15 Å². The van der Waals surface area contributed by atoms with E-state index in [0.717, 1.165) is 30.6 Å². The number of nitrogens with one attached hydrogen (secondary N) is 1. The third-order valence-corrected chi connectivity index (χ3v) is 6.90. The van der Waals surface area contributed by atoms with Crippen molar-refractivity contribution in [3.05, 3.63) is 53.6 Å². The second-order valence-electron chi connectivity index (χ2n) is 6.10. The van der Waals surface area contributed by atoms with Gasteiger partial charge in [0.25, 0.3) is 0 Å². The van der Waals surface area contributed by atoms with Gasteiger partial charge in [-0.3, -0.25) is 9.13 Å². The Kier molecular flexibility index (Phi) is 11.7. The summed E-state index contributed by atoms with van der Waals surface area (Å²) in [7, 11) is -8.86. The molecule has 0 aromatic heterocycles. The molecule has 7 N–H and O–H groups in total. The maximum Gasteiger partial charge on any atom is 0.340 e. The molecule has 0 spiro atoms. The third-order valence-electron chi connectivity index (χ3n) is 3.45. The van der Waals surface area contributed by atoms with Crippen molar-refractivity contribution >= 4 is 20.9 Å². The van der Waals surface area contributed by atoms with Crippen LogP contribution < -0.4 is 11.5 Å². The molecule has 0 saturated heterocycles. The average molecular weight is 420 g/mol. The van der Waals surface area contributed by atoms with Crippen LogP contribution >= 0.6 is 15.2 Å². The van der Waals surface area contributed by atoms with Gasteiger partial charge in [0.05, 0.1) is 6.61 Å². The van der Waals surface area contributed by atoms with Crippen molar-refractivity contribution in [2.24, 2.45) is 0 Å². The van der Waals surface area contributed by atoms with Gasteiger partial charge < -0.3 is 30.7 Å². The highest BCUT2D eigenvalue weighted by molar-refractivity contribution is 7.70. The lowest BCUT2D eigenvalue weighted by molar-refractivity contribution is 0.287. The van der Waals surface area contributed by atoms with Crippen molar-refractivity contribution in [2.75, 3.05) is 24.4 Å². The summed E-state index contributed by atoms with van der Waals surface area (Å²) in [5.41, 5.74) is 3.25. The second kappa shape index (κ2) is 12.3. The van der Waals surface area contributed by atoms with Crippen molar-refractivity contribution in [3.8, 4) is 0 Å². The largest absolute Gasteiger partial charge is 0.381 e. The molecule has 1 unspecified atom stereocenters. The van der Waals surface area contributed by atoms with Crippen LogP contribution in [0.15, 0.2) is 53.6 Å². The van der Waals surface area contributed by atoms with Gasteiger partial charge in [-0.1, -0.05) is 41.5 Å². The van der Waals surface area contributed by atoms with Crippen LogP contribution in [-0.4, -0.2) is 33.7 Å². The zero-order valence-electron chi connectivity index (χ0n) is 15.7. The highest BCUT2D eigenvalue weighted by Gasteiger charge is 2.30. The van der Waals surface area contributed by atoms with Gasteiger partial charge in [0.1, 0.15) is 0 Å². The van der Waals surface area contributed by atoms with Crippen LogP contribution in [0.4, 0.5) is 5.69 Å². The molecule has 1 aromatic rings. The normalized spacial score (nSPS) is 15.0. The molecule has 1 rings (SSSR count). The first-order valence-corrected chi connectivity index (χ1v) is 11.7. The number of rotatable bonds is 11. The average Bonchev–Trinajstić information content (AvgIpc) is 2.51. The van der Waals surface area contributed by atoms with Crippen molar-refractivity contribution in [2.45, 2.75) is 26.7 Å². The number of benzene rings is 1. The molecule has 0 bridgehead atoms. The summed E-state index contributed by atoms with van der Waals surface area (Å²) in [6, 6.07) is 9.93. The Morgan fingerprint density at radius 2 is 1.70 bits per heavy atom. The van der Waals surface area contributed by atoms with E-state index in [-0.39, 0.29) is 12.8 Å². The molecule has 0 saturated carbocycles. The highest BCUT2D eigenvalue weighted by atomic mass is 31.2. The van der Waals surface area contributed by atoms with Crippen LogP contribution in [0.2, 0.25) is 0 Å². The summed E-state index contributed by atoms with van der Waals surface area (Å²) in [6.07, 6.45) is 5.36. The Labute approximate surface area is 160 Å². The molecule has 1 aromatic carbocycles. The Morgan fingerprint density at radius 3 is 2.30 bits per heavy atom. The zero-order valence-corrected chi connectivity index (χ0v) is 17.5. The van der Waals surface area contributed by atoms with Gasteiger partial charge in [-0.25, -0.2) is 0 Å². The molecule has 0 fully saturated rings. The van der Waals surface area contributed by atoms with E-state index < -0.39 is 21.1 Å². The molecule has 10 heteroatoms. The van der Waals surface area contributed by atoms with E-state index >= 15 is 0 Å². The first kappa shape index (κ1) is 25.8. The Morgan fingerprint density at radius 1 is 1.07 bits per heavy atom. The van der Waals surface area contributed by atoms with Crippen LogP contribution in [0, 0.1) is 0 Å². The van der Waals surface area contributed by atoms with Crippen LogP contribution in [0.5, 0.6) is 0 Å². The van der Waals surface area contributed by atoms with Gasteiger partial charge >= 0.3 is 15.2 Å². The van der Waals surface area contributed by atoms with Gasteiger partial charge in [0.15, 0.2) is 5.90 Å². The maximum absolute atomic E-state index is 11.5. The summed E-state index contributed by atoms with van der Waals surface area (Å²) in [5, 5.41) is 3.33. The maximum atomic E-state index is 11.5. The van der Waals surface area contributed by atoms with Crippen molar-refractivity contribution in [1.29, 1.82) is 0 Å². The monoisotopic (exact) mass is 420 g/mol. The topological polar surface area (TPSA) is 151 Å². The molecular formula is C17H30N2O6P2. The van der Waals surface area contributed by atoms with Gasteiger partial charge in [-0.2, -0.15) is 0 Å². The summed E-state index contributed by atoms with van der Waals surface area (Å²) < 4.78 is 27.0. The van der Waals surface area contributed by atoms with E-state index in [1.165, 1.54) is 5.57 Å². The van der Waals surface area contributed by atoms with E-state index in [4.69, 9.17) is 14.3 Å². The fourth-order valence-electron chi connectivity index (χ4n) is 2.09. The Balaban J connectivity index is 0.00000676. The number of hydrogen-bond acceptors (Lipinski definition) is 5. The first-order valence-electron chi connectivity index (χ1n) is 8.18. The lowest BCUT2D eigenvalue weighted by Gasteiger charge is -2.11. The van der Waals surface area contributed by atoms with Crippen molar-refractivity contribution in [3.63, 3.8) is 0 Å². The lowest BCUT2D eigenvalue weighted by Crippen LogP contribution is -2.02. The lowest BCUT2D eigenvalue weighted by atomic mass is 10.1. The number of hydrogen-bond donors (Lipinski definition) is 5. The molecule has 0 aliphatic heterocycles. The van der Waals surface area contributed by atoms with E-state index in [2.05, 4.69) is 11.4 Å². The van der Waals surface area contributed by atoms with E-state index in [1.54, 1.807) is 6.08 Å². The molecule has 0 heterocycles. The van der Waals surface area contributed by atoms with Crippen LogP contribution in [0.3, 0.4) is 0 Å². The minimum absolute atomic E-state index is 0. The Hall–Kier alpha value is -1.24. The molecule has 154 valence electrons. The summed E-state index contributed by atoms with van der Waals surface area (Å²) >= 11 is 0. The standard InChI is InChI=1S/C17H27NO6P2.H3N/c1-15(11-12-24-26(22,23)14-25(19,20)21)7-6-8-16(2)13-18-17-9-4-3-5-10-17;/h3-5,8-11,18H,6-7,12-14H2,1-2H3,(H,22,23)(H2,19,20,21);1H3/b15-11+,16-8+;. The van der Waals surface area contributed by atoms with Gasteiger partial charge in [-0.05, 0) is 38.8 Å². The third kappa shape index (κ3) is 13.6. The molecule has 0 aliphatic carbocycles. The predicted octanol–water partition coefficient (Wildman–Crippen LogP) is 4.27. The second-order valence-corrected chi connectivity index (χ2v) is 10.1. The first-order chi connectivity index (χ1) is 12.1. The fourth-order valence-corrected chi connectivity index (χ4v) is 4.58. The molecule has 8 nitrogen and oxygen atoms in total. The van der Waals surface area contributed by atoms with Gasteiger partial charge in [0, 0.05) is 12.2 Å². The molecule has 1 atom stereocenters. The molecule has 0 aliphatic rings. The van der Waals surface area contributed by atoms with Gasteiger partial charge in [0.2, 0.25) is 0 Å². The van der Waals surface area contributed by atoms with E-state index in [9.17, 15) is 14.0 Å². The van der Waals surface area contributed by atoms with Crippen molar-refractivity contribution < 1.29 is 28.3 Å². The SMILES string of the molecule is C/C(=C\COP(=O)(O)CP(=O)(O)O)CC/C=C(\C)CNc1ccccc1.N.